The molecule has 1 nitrogen and oxygen atoms in total. The summed E-state index contributed by atoms with van der Waals surface area (Å²) in [4.78, 5) is 0. The van der Waals surface area contributed by atoms with Crippen molar-refractivity contribution in [3.05, 3.63) is 12.2 Å². The molecule has 1 aliphatic heterocycles. The van der Waals surface area contributed by atoms with Gasteiger partial charge in [-0.25, -0.2) is 4.58 Å². The molecule has 0 N–H and O–H groups in total. The van der Waals surface area contributed by atoms with E-state index in [9.17, 15) is 0 Å². The van der Waals surface area contributed by atoms with Gasteiger partial charge in [-0.2, -0.15) is 0 Å². The van der Waals surface area contributed by atoms with Gasteiger partial charge in [-0.1, -0.05) is 12.2 Å². The molecule has 0 saturated heterocycles. The molecule has 0 amide bonds. The van der Waals surface area contributed by atoms with Crippen molar-refractivity contribution in [1.82, 2.24) is 0 Å². The van der Waals surface area contributed by atoms with E-state index in [0.29, 0.717) is 5.41 Å². The molecule has 0 aromatic heterocycles. The first-order chi connectivity index (χ1) is 5.81. The van der Waals surface area contributed by atoms with Crippen molar-refractivity contribution in [3.8, 4) is 0 Å². The third-order valence-corrected chi connectivity index (χ3v) is 3.09. The molecule has 0 saturated carbocycles. The zero-order valence-electron chi connectivity index (χ0n) is 8.30. The molecule has 0 fully saturated rings. The van der Waals surface area contributed by atoms with Crippen LogP contribution < -0.4 is 24.0 Å². The van der Waals surface area contributed by atoms with Gasteiger partial charge in [-0.15, -0.1) is 0 Å². The van der Waals surface area contributed by atoms with Crippen LogP contribution in [0.3, 0.4) is 0 Å². The van der Waals surface area contributed by atoms with Crippen molar-refractivity contribution in [2.75, 3.05) is 13.6 Å². The standard InChI is InChI=1S/C11H18N.HI/c1-12-9-5-8-11(10-12)6-3-2-4-7-11;/h3,6,10H,2,4-5,7-9H2,1H3;1H/q+1;/p-1. The minimum Gasteiger partial charge on any atom is -1.00 e. The van der Waals surface area contributed by atoms with E-state index in [4.69, 9.17) is 0 Å². The van der Waals surface area contributed by atoms with Crippen molar-refractivity contribution in [3.63, 3.8) is 0 Å². The van der Waals surface area contributed by atoms with E-state index in [1.54, 1.807) is 0 Å². The molecular formula is C11H18IN. The maximum absolute atomic E-state index is 2.44. The van der Waals surface area contributed by atoms with Crippen LogP contribution in [0.5, 0.6) is 0 Å². The summed E-state index contributed by atoms with van der Waals surface area (Å²) in [5, 5.41) is 0. The lowest BCUT2D eigenvalue weighted by Crippen LogP contribution is -3.00. The van der Waals surface area contributed by atoms with Crippen molar-refractivity contribution in [2.24, 2.45) is 5.41 Å². The molecule has 13 heavy (non-hydrogen) atoms. The molecule has 1 aliphatic carbocycles. The molecular weight excluding hydrogens is 273 g/mol. The van der Waals surface area contributed by atoms with Crippen LogP contribution in [-0.2, 0) is 0 Å². The van der Waals surface area contributed by atoms with E-state index in [1.165, 1.54) is 38.6 Å². The highest BCUT2D eigenvalue weighted by Gasteiger charge is 2.32. The maximum Gasteiger partial charge on any atom is 0.149 e. The third kappa shape index (κ3) is 2.55. The smallest absolute Gasteiger partial charge is 0.149 e. The molecule has 2 rings (SSSR count). The van der Waals surface area contributed by atoms with Crippen LogP contribution in [0.25, 0.3) is 0 Å². The van der Waals surface area contributed by atoms with Gasteiger partial charge in [0.2, 0.25) is 0 Å². The van der Waals surface area contributed by atoms with E-state index in [2.05, 4.69) is 30.0 Å². The van der Waals surface area contributed by atoms with Crippen molar-refractivity contribution in [2.45, 2.75) is 32.1 Å². The zero-order chi connectivity index (χ0) is 8.44. The summed E-state index contributed by atoms with van der Waals surface area (Å²) in [6.07, 6.45) is 14.0. The Hall–Kier alpha value is 0.140. The normalized spacial score (nSPS) is 32.5. The molecule has 1 unspecified atom stereocenters. The largest absolute Gasteiger partial charge is 1.00 e. The Labute approximate surface area is 97.9 Å². The predicted octanol–water partition coefficient (Wildman–Crippen LogP) is -0.776. The number of rotatable bonds is 0. The Morgan fingerprint density at radius 3 is 2.62 bits per heavy atom. The molecule has 74 valence electrons. The monoisotopic (exact) mass is 291 g/mol. The average Bonchev–Trinajstić information content (AvgIpc) is 2.05. The fourth-order valence-corrected chi connectivity index (χ4v) is 2.49. The topological polar surface area (TPSA) is 3.01 Å². The van der Waals surface area contributed by atoms with Gasteiger partial charge in [-0.05, 0) is 25.7 Å². The van der Waals surface area contributed by atoms with Crippen LogP contribution >= 0.6 is 0 Å². The van der Waals surface area contributed by atoms with Crippen LogP contribution in [0, 0.1) is 5.41 Å². The number of nitrogens with zero attached hydrogens (tertiary/aromatic N) is 1. The molecule has 0 bridgehead atoms. The van der Waals surface area contributed by atoms with Crippen molar-refractivity contribution < 1.29 is 28.6 Å². The van der Waals surface area contributed by atoms with Gasteiger partial charge in [0.25, 0.3) is 0 Å². The third-order valence-electron chi connectivity index (χ3n) is 3.09. The quantitative estimate of drug-likeness (QED) is 0.313. The number of halogens is 1. The van der Waals surface area contributed by atoms with Crippen LogP contribution in [0.1, 0.15) is 32.1 Å². The van der Waals surface area contributed by atoms with E-state index in [1.807, 2.05) is 0 Å². The van der Waals surface area contributed by atoms with Gasteiger partial charge in [0.05, 0.1) is 5.41 Å². The summed E-state index contributed by atoms with van der Waals surface area (Å²) in [5.41, 5.74) is 0.450. The van der Waals surface area contributed by atoms with Crippen LogP contribution in [0.15, 0.2) is 12.2 Å². The van der Waals surface area contributed by atoms with Gasteiger partial charge in [-0.3, -0.25) is 0 Å². The van der Waals surface area contributed by atoms with Gasteiger partial charge in [0, 0.05) is 6.42 Å². The average molecular weight is 291 g/mol. The lowest BCUT2D eigenvalue weighted by Gasteiger charge is -2.29. The number of hydrogen-bond donors (Lipinski definition) is 0. The second kappa shape index (κ2) is 4.58. The lowest BCUT2D eigenvalue weighted by atomic mass is 9.75. The second-order valence-corrected chi connectivity index (χ2v) is 4.24. The zero-order valence-corrected chi connectivity index (χ0v) is 10.5. The lowest BCUT2D eigenvalue weighted by molar-refractivity contribution is -0.501. The highest BCUT2D eigenvalue weighted by molar-refractivity contribution is 5.64. The fourth-order valence-electron chi connectivity index (χ4n) is 2.49. The summed E-state index contributed by atoms with van der Waals surface area (Å²) in [6.45, 7) is 1.25. The minimum absolute atomic E-state index is 0. The Morgan fingerprint density at radius 1 is 1.23 bits per heavy atom. The van der Waals surface area contributed by atoms with Crippen LogP contribution in [0.4, 0.5) is 0 Å². The molecule has 0 radical (unpaired) electrons. The fraction of sp³-hybridized carbons (Fsp3) is 0.727. The molecule has 1 spiro atoms. The summed E-state index contributed by atoms with van der Waals surface area (Å²) in [7, 11) is 2.20. The SMILES string of the molecule is C[N+]1=CC2(C=CCCC2)CCC1.[I-]. The first-order valence-corrected chi connectivity index (χ1v) is 5.05. The molecule has 2 aliphatic rings. The van der Waals surface area contributed by atoms with Gasteiger partial charge < -0.3 is 24.0 Å². The Balaban J connectivity index is 0.000000845. The maximum atomic E-state index is 2.44. The number of hydrogen-bond acceptors (Lipinski definition) is 0. The highest BCUT2D eigenvalue weighted by atomic mass is 127. The first kappa shape index (κ1) is 11.2. The van der Waals surface area contributed by atoms with Gasteiger partial charge in [0.1, 0.15) is 19.8 Å². The summed E-state index contributed by atoms with van der Waals surface area (Å²) in [6, 6.07) is 0. The second-order valence-electron chi connectivity index (χ2n) is 4.24. The van der Waals surface area contributed by atoms with E-state index in [-0.39, 0.29) is 24.0 Å². The summed E-state index contributed by atoms with van der Waals surface area (Å²) in [5.74, 6) is 0. The molecule has 1 heterocycles. The van der Waals surface area contributed by atoms with E-state index in [0.717, 1.165) is 0 Å². The molecule has 2 heteroatoms. The minimum atomic E-state index is 0. The van der Waals surface area contributed by atoms with Crippen molar-refractivity contribution >= 4 is 6.21 Å². The van der Waals surface area contributed by atoms with E-state index >= 15 is 0 Å². The Bertz CT molecular complexity index is 228. The Kier molecular flexibility index (Phi) is 3.95. The van der Waals surface area contributed by atoms with E-state index < -0.39 is 0 Å². The molecule has 0 aromatic carbocycles. The van der Waals surface area contributed by atoms with Gasteiger partial charge in [0.15, 0.2) is 0 Å². The number of allylic oxidation sites excluding steroid dienone is 2. The van der Waals surface area contributed by atoms with Crippen LogP contribution in [0.2, 0.25) is 0 Å². The van der Waals surface area contributed by atoms with Crippen molar-refractivity contribution in [1.29, 1.82) is 0 Å². The summed E-state index contributed by atoms with van der Waals surface area (Å²) < 4.78 is 2.36. The Morgan fingerprint density at radius 2 is 2.00 bits per heavy atom. The predicted molar refractivity (Wildman–Crippen MR) is 51.8 cm³/mol. The van der Waals surface area contributed by atoms with Crippen LogP contribution in [-0.4, -0.2) is 24.4 Å². The summed E-state index contributed by atoms with van der Waals surface area (Å²) >= 11 is 0. The first-order valence-electron chi connectivity index (χ1n) is 5.05. The molecule has 1 atom stereocenters. The highest BCUT2D eigenvalue weighted by Crippen LogP contribution is 2.35. The molecule has 0 aromatic rings. The van der Waals surface area contributed by atoms with Gasteiger partial charge >= 0.3 is 0 Å².